The normalized spacial score (nSPS) is 10.2. The van der Waals surface area contributed by atoms with Crippen molar-refractivity contribution in [2.45, 2.75) is 13.5 Å². The van der Waals surface area contributed by atoms with E-state index in [1.54, 1.807) is 24.3 Å². The summed E-state index contributed by atoms with van der Waals surface area (Å²) in [5.41, 5.74) is 1.37. The Hall–Kier alpha value is -1.62. The van der Waals surface area contributed by atoms with E-state index in [1.165, 1.54) is 0 Å². The van der Waals surface area contributed by atoms with Crippen molar-refractivity contribution in [1.29, 1.82) is 0 Å². The highest BCUT2D eigenvalue weighted by atomic mass is 79.9. The summed E-state index contributed by atoms with van der Waals surface area (Å²) < 4.78 is 11.2. The molecule has 88 valence electrons. The first-order valence-corrected chi connectivity index (χ1v) is 5.78. The molecule has 0 atom stereocenters. The van der Waals surface area contributed by atoms with Gasteiger partial charge in [0.2, 0.25) is 0 Å². The van der Waals surface area contributed by atoms with Gasteiger partial charge in [-0.25, -0.2) is 0 Å². The third-order valence-electron chi connectivity index (χ3n) is 2.15. The zero-order chi connectivity index (χ0) is 12.3. The third-order valence-corrected chi connectivity index (χ3v) is 2.87. The zero-order valence-corrected chi connectivity index (χ0v) is 10.7. The van der Waals surface area contributed by atoms with E-state index in [2.05, 4.69) is 21.1 Å². The van der Waals surface area contributed by atoms with Gasteiger partial charge in [-0.2, -0.15) is 0 Å². The maximum Gasteiger partial charge on any atom is 0.174 e. The second-order valence-electron chi connectivity index (χ2n) is 3.52. The minimum absolute atomic E-state index is 0.292. The summed E-state index contributed by atoms with van der Waals surface area (Å²) in [5, 5.41) is 3.76. The molecule has 0 aliphatic carbocycles. The molecule has 17 heavy (non-hydrogen) atoms. The van der Waals surface area contributed by atoms with Crippen LogP contribution in [0.5, 0.6) is 5.75 Å². The SMILES string of the molecule is Cc1cc(COc2ccc(Br)c(C=O)c2)on1. The fourth-order valence-electron chi connectivity index (χ4n) is 1.34. The number of ether oxygens (including phenoxy) is 1. The van der Waals surface area contributed by atoms with Gasteiger partial charge in [-0.1, -0.05) is 21.1 Å². The van der Waals surface area contributed by atoms with Crippen molar-refractivity contribution in [2.24, 2.45) is 0 Å². The quantitative estimate of drug-likeness (QED) is 0.813. The van der Waals surface area contributed by atoms with E-state index in [4.69, 9.17) is 9.26 Å². The van der Waals surface area contributed by atoms with Gasteiger partial charge in [-0.05, 0) is 25.1 Å². The van der Waals surface area contributed by atoms with Crippen LogP contribution in [0.15, 0.2) is 33.3 Å². The van der Waals surface area contributed by atoms with Crippen LogP contribution in [0.25, 0.3) is 0 Å². The summed E-state index contributed by atoms with van der Waals surface area (Å²) in [4.78, 5) is 10.7. The number of halogens is 1. The van der Waals surface area contributed by atoms with E-state index in [-0.39, 0.29) is 0 Å². The fourth-order valence-corrected chi connectivity index (χ4v) is 1.68. The molecule has 1 aromatic carbocycles. The third kappa shape index (κ3) is 2.94. The van der Waals surface area contributed by atoms with E-state index < -0.39 is 0 Å². The van der Waals surface area contributed by atoms with Crippen molar-refractivity contribution in [3.8, 4) is 5.75 Å². The molecule has 0 aliphatic rings. The fraction of sp³-hybridized carbons (Fsp3) is 0.167. The zero-order valence-electron chi connectivity index (χ0n) is 9.14. The van der Waals surface area contributed by atoms with Gasteiger partial charge in [-0.15, -0.1) is 0 Å². The van der Waals surface area contributed by atoms with Crippen molar-refractivity contribution in [3.63, 3.8) is 0 Å². The Bertz CT molecular complexity index is 536. The highest BCUT2D eigenvalue weighted by molar-refractivity contribution is 9.10. The predicted molar refractivity (Wildman–Crippen MR) is 65.1 cm³/mol. The minimum atomic E-state index is 0.292. The van der Waals surface area contributed by atoms with Crippen LogP contribution in [0.4, 0.5) is 0 Å². The Balaban J connectivity index is 2.06. The molecule has 5 heteroatoms. The highest BCUT2D eigenvalue weighted by Gasteiger charge is 2.04. The van der Waals surface area contributed by atoms with Crippen molar-refractivity contribution in [2.75, 3.05) is 0 Å². The number of carbonyl (C=O) groups excluding carboxylic acids is 1. The molecule has 0 unspecified atom stereocenters. The van der Waals surface area contributed by atoms with Crippen LogP contribution in [-0.2, 0) is 6.61 Å². The lowest BCUT2D eigenvalue weighted by Gasteiger charge is -2.05. The lowest BCUT2D eigenvalue weighted by atomic mass is 10.2. The predicted octanol–water partition coefficient (Wildman–Crippen LogP) is 3.14. The van der Waals surface area contributed by atoms with Gasteiger partial charge in [-0.3, -0.25) is 4.79 Å². The molecule has 0 saturated carbocycles. The lowest BCUT2D eigenvalue weighted by Crippen LogP contribution is -1.94. The Labute approximate surface area is 107 Å². The van der Waals surface area contributed by atoms with Gasteiger partial charge in [0.05, 0.1) is 5.69 Å². The van der Waals surface area contributed by atoms with Crippen LogP contribution in [0, 0.1) is 6.92 Å². The summed E-state index contributed by atoms with van der Waals surface area (Å²) in [6.07, 6.45) is 0.773. The number of aldehydes is 1. The second kappa shape index (κ2) is 5.14. The summed E-state index contributed by atoms with van der Waals surface area (Å²) >= 11 is 3.27. The molecule has 0 saturated heterocycles. The first-order valence-electron chi connectivity index (χ1n) is 4.99. The number of rotatable bonds is 4. The standard InChI is InChI=1S/C12H10BrNO3/c1-8-4-11(17-14-8)7-16-10-2-3-12(13)9(5-10)6-15/h2-6H,7H2,1H3. The summed E-state index contributed by atoms with van der Waals surface area (Å²) in [7, 11) is 0. The molecule has 0 fully saturated rings. The van der Waals surface area contributed by atoms with Crippen LogP contribution in [0.2, 0.25) is 0 Å². The summed E-state index contributed by atoms with van der Waals surface area (Å²) in [6, 6.07) is 7.02. The molecule has 2 rings (SSSR count). The summed E-state index contributed by atoms with van der Waals surface area (Å²) in [6.45, 7) is 2.14. The molecule has 4 nitrogen and oxygen atoms in total. The Morgan fingerprint density at radius 3 is 2.94 bits per heavy atom. The average molecular weight is 296 g/mol. The van der Waals surface area contributed by atoms with Gasteiger partial charge >= 0.3 is 0 Å². The first-order chi connectivity index (χ1) is 8.19. The molecule has 1 aromatic heterocycles. The van der Waals surface area contributed by atoms with Gasteiger partial charge in [0.25, 0.3) is 0 Å². The number of hydrogen-bond acceptors (Lipinski definition) is 4. The Morgan fingerprint density at radius 1 is 1.47 bits per heavy atom. The Kier molecular flexibility index (Phi) is 3.58. The van der Waals surface area contributed by atoms with Crippen LogP contribution in [-0.4, -0.2) is 11.4 Å². The first kappa shape index (κ1) is 11.9. The van der Waals surface area contributed by atoms with Crippen LogP contribution in [0.1, 0.15) is 21.8 Å². The molecule has 2 aromatic rings. The molecule has 0 N–H and O–H groups in total. The molecule has 0 bridgehead atoms. The van der Waals surface area contributed by atoms with E-state index in [0.29, 0.717) is 23.7 Å². The van der Waals surface area contributed by atoms with Crippen molar-refractivity contribution < 1.29 is 14.1 Å². The number of aryl methyl sites for hydroxylation is 1. The largest absolute Gasteiger partial charge is 0.486 e. The molecular weight excluding hydrogens is 286 g/mol. The van der Waals surface area contributed by atoms with Crippen LogP contribution >= 0.6 is 15.9 Å². The van der Waals surface area contributed by atoms with Crippen molar-refractivity contribution in [1.82, 2.24) is 5.16 Å². The van der Waals surface area contributed by atoms with Gasteiger partial charge < -0.3 is 9.26 Å². The van der Waals surface area contributed by atoms with Gasteiger partial charge in [0.1, 0.15) is 12.4 Å². The molecule has 0 radical (unpaired) electrons. The van der Waals surface area contributed by atoms with Crippen molar-refractivity contribution >= 4 is 22.2 Å². The van der Waals surface area contributed by atoms with Crippen LogP contribution < -0.4 is 4.74 Å². The molecule has 0 spiro atoms. The average Bonchev–Trinajstić information content (AvgIpc) is 2.74. The van der Waals surface area contributed by atoms with E-state index in [1.807, 2.05) is 6.92 Å². The number of nitrogens with zero attached hydrogens (tertiary/aromatic N) is 1. The van der Waals surface area contributed by atoms with E-state index >= 15 is 0 Å². The number of hydrogen-bond donors (Lipinski definition) is 0. The summed E-state index contributed by atoms with van der Waals surface area (Å²) in [5.74, 6) is 1.27. The number of benzene rings is 1. The molecule has 1 heterocycles. The number of aromatic nitrogens is 1. The van der Waals surface area contributed by atoms with E-state index in [9.17, 15) is 4.79 Å². The van der Waals surface area contributed by atoms with E-state index in [0.717, 1.165) is 16.5 Å². The lowest BCUT2D eigenvalue weighted by molar-refractivity contribution is 0.112. The van der Waals surface area contributed by atoms with Crippen molar-refractivity contribution in [3.05, 3.63) is 45.8 Å². The monoisotopic (exact) mass is 295 g/mol. The van der Waals surface area contributed by atoms with Crippen LogP contribution in [0.3, 0.4) is 0 Å². The maximum atomic E-state index is 10.7. The highest BCUT2D eigenvalue weighted by Crippen LogP contribution is 2.21. The number of carbonyl (C=O) groups is 1. The molecule has 0 amide bonds. The second-order valence-corrected chi connectivity index (χ2v) is 4.38. The smallest absolute Gasteiger partial charge is 0.174 e. The maximum absolute atomic E-state index is 10.7. The molecular formula is C12H10BrNO3. The topological polar surface area (TPSA) is 52.3 Å². The van der Waals surface area contributed by atoms with Gasteiger partial charge in [0, 0.05) is 16.1 Å². The Morgan fingerprint density at radius 2 is 2.29 bits per heavy atom. The minimum Gasteiger partial charge on any atom is -0.486 e. The van der Waals surface area contributed by atoms with Gasteiger partial charge in [0.15, 0.2) is 12.0 Å². The molecule has 0 aliphatic heterocycles.